The molecular weight excluding hydrogens is 454 g/mol. The Balaban J connectivity index is 1.76. The first kappa shape index (κ1) is 22.7. The second-order valence-electron chi connectivity index (χ2n) is 7.47. The number of carbonyl (C=O) groups excluding carboxylic acids is 2. The van der Waals surface area contributed by atoms with Crippen molar-refractivity contribution in [2.75, 3.05) is 10.2 Å². The number of halogens is 1. The van der Waals surface area contributed by atoms with E-state index in [1.54, 1.807) is 30.3 Å². The number of carbonyl (C=O) groups is 2. The molecule has 7 heteroatoms. The molecule has 4 rings (SSSR count). The van der Waals surface area contributed by atoms with E-state index in [1.807, 2.05) is 61.5 Å². The van der Waals surface area contributed by atoms with Crippen LogP contribution in [0.2, 0.25) is 5.02 Å². The summed E-state index contributed by atoms with van der Waals surface area (Å²) in [4.78, 5) is 28.1. The molecule has 1 heterocycles. The third-order valence-corrected chi connectivity index (χ3v) is 6.89. The van der Waals surface area contributed by atoms with Gasteiger partial charge < -0.3 is 5.32 Å². The second kappa shape index (κ2) is 9.95. The lowest BCUT2D eigenvalue weighted by Crippen LogP contribution is -2.31. The minimum absolute atomic E-state index is 0.109. The van der Waals surface area contributed by atoms with Crippen LogP contribution in [-0.4, -0.2) is 17.1 Å². The van der Waals surface area contributed by atoms with Crippen LogP contribution in [0.5, 0.6) is 0 Å². The Morgan fingerprint density at radius 1 is 1.06 bits per heavy atom. The highest BCUT2D eigenvalue weighted by Crippen LogP contribution is 2.43. The molecule has 1 fully saturated rings. The molecule has 33 heavy (non-hydrogen) atoms. The van der Waals surface area contributed by atoms with E-state index in [0.717, 1.165) is 11.1 Å². The molecule has 5 nitrogen and oxygen atoms in total. The standard InChI is InChI=1S/C26H20ClN3O2S/c1-17-9-5-8-14-22(17)30-25(32)23(15-18-10-6-7-13-21(18)27)33-26(30)20(16-28)24(31)29-19-11-3-2-4-12-19/h2-14,23H,15H2,1H3,(H,29,31)/b26-20-. The number of nitriles is 1. The van der Waals surface area contributed by atoms with Gasteiger partial charge in [-0.1, -0.05) is 78.0 Å². The molecule has 0 aliphatic carbocycles. The van der Waals surface area contributed by atoms with Crippen LogP contribution in [0.1, 0.15) is 11.1 Å². The van der Waals surface area contributed by atoms with Gasteiger partial charge >= 0.3 is 0 Å². The predicted octanol–water partition coefficient (Wildman–Crippen LogP) is 5.71. The van der Waals surface area contributed by atoms with Gasteiger partial charge in [-0.3, -0.25) is 14.5 Å². The molecule has 0 saturated carbocycles. The molecule has 3 aromatic carbocycles. The molecule has 1 aliphatic rings. The van der Waals surface area contributed by atoms with E-state index in [2.05, 4.69) is 5.32 Å². The highest BCUT2D eigenvalue weighted by molar-refractivity contribution is 8.05. The zero-order chi connectivity index (χ0) is 23.4. The van der Waals surface area contributed by atoms with Crippen LogP contribution in [0, 0.1) is 18.3 Å². The lowest BCUT2D eigenvalue weighted by molar-refractivity contribution is -0.117. The van der Waals surface area contributed by atoms with Crippen molar-refractivity contribution in [3.8, 4) is 6.07 Å². The zero-order valence-corrected chi connectivity index (χ0v) is 19.4. The topological polar surface area (TPSA) is 73.2 Å². The summed E-state index contributed by atoms with van der Waals surface area (Å²) in [6.45, 7) is 1.89. The molecule has 1 aliphatic heterocycles. The SMILES string of the molecule is Cc1ccccc1N1C(=O)C(Cc2ccccc2Cl)S/C1=C(/C#N)C(=O)Nc1ccccc1. The fourth-order valence-electron chi connectivity index (χ4n) is 3.60. The van der Waals surface area contributed by atoms with Crippen LogP contribution in [0.3, 0.4) is 0 Å². The minimum atomic E-state index is -0.559. The van der Waals surface area contributed by atoms with Crippen LogP contribution in [0.15, 0.2) is 89.5 Å². The van der Waals surface area contributed by atoms with Crippen LogP contribution in [0.4, 0.5) is 11.4 Å². The van der Waals surface area contributed by atoms with Crippen molar-refractivity contribution in [3.63, 3.8) is 0 Å². The summed E-state index contributed by atoms with van der Waals surface area (Å²) in [6, 6.07) is 25.7. The van der Waals surface area contributed by atoms with Crippen LogP contribution < -0.4 is 10.2 Å². The summed E-state index contributed by atoms with van der Waals surface area (Å²) in [7, 11) is 0. The maximum atomic E-state index is 13.6. The van der Waals surface area contributed by atoms with Gasteiger partial charge in [0.2, 0.25) is 5.91 Å². The van der Waals surface area contributed by atoms with Gasteiger partial charge in [0.1, 0.15) is 16.7 Å². The number of anilines is 2. The van der Waals surface area contributed by atoms with Gasteiger partial charge in [0, 0.05) is 10.7 Å². The summed E-state index contributed by atoms with van der Waals surface area (Å²) in [5.41, 5.74) is 2.81. The quantitative estimate of drug-likeness (QED) is 0.380. The number of hydrogen-bond acceptors (Lipinski definition) is 4. The number of thioether (sulfide) groups is 1. The molecule has 1 unspecified atom stereocenters. The molecule has 0 bridgehead atoms. The molecule has 0 radical (unpaired) electrons. The highest BCUT2D eigenvalue weighted by atomic mass is 35.5. The van der Waals surface area contributed by atoms with E-state index in [0.29, 0.717) is 27.8 Å². The number of benzene rings is 3. The van der Waals surface area contributed by atoms with Crippen molar-refractivity contribution in [2.45, 2.75) is 18.6 Å². The maximum Gasteiger partial charge on any atom is 0.269 e. The van der Waals surface area contributed by atoms with Crippen molar-refractivity contribution >= 4 is 46.6 Å². The summed E-state index contributed by atoms with van der Waals surface area (Å²) in [5, 5.41) is 13.1. The van der Waals surface area contributed by atoms with Gasteiger partial charge in [0.15, 0.2) is 0 Å². The summed E-state index contributed by atoms with van der Waals surface area (Å²) in [6.07, 6.45) is 0.383. The smallest absolute Gasteiger partial charge is 0.269 e. The first-order valence-corrected chi connectivity index (χ1v) is 11.6. The molecule has 1 N–H and O–H groups in total. The largest absolute Gasteiger partial charge is 0.321 e. The molecular formula is C26H20ClN3O2S. The van der Waals surface area contributed by atoms with Gasteiger partial charge in [-0.15, -0.1) is 0 Å². The van der Waals surface area contributed by atoms with E-state index >= 15 is 0 Å². The second-order valence-corrected chi connectivity index (χ2v) is 9.07. The fraction of sp³-hybridized carbons (Fsp3) is 0.115. The van der Waals surface area contributed by atoms with Crippen LogP contribution in [-0.2, 0) is 16.0 Å². The Morgan fingerprint density at radius 3 is 2.42 bits per heavy atom. The summed E-state index contributed by atoms with van der Waals surface area (Å²) < 4.78 is 0. The van der Waals surface area contributed by atoms with Crippen molar-refractivity contribution in [1.29, 1.82) is 5.26 Å². The summed E-state index contributed by atoms with van der Waals surface area (Å²) >= 11 is 7.55. The zero-order valence-electron chi connectivity index (χ0n) is 17.8. The first-order chi connectivity index (χ1) is 16.0. The Labute approximate surface area is 201 Å². The molecule has 164 valence electrons. The number of aryl methyl sites for hydroxylation is 1. The molecule has 1 atom stereocenters. The lowest BCUT2D eigenvalue weighted by Gasteiger charge is -2.20. The normalized spacial score (nSPS) is 16.9. The minimum Gasteiger partial charge on any atom is -0.321 e. The van der Waals surface area contributed by atoms with E-state index in [4.69, 9.17) is 11.6 Å². The van der Waals surface area contributed by atoms with Crippen molar-refractivity contribution < 1.29 is 9.59 Å². The Bertz CT molecular complexity index is 1280. The van der Waals surface area contributed by atoms with Gasteiger partial charge in [-0.2, -0.15) is 5.26 Å². The number of hydrogen-bond donors (Lipinski definition) is 1. The third kappa shape index (κ3) is 4.80. The van der Waals surface area contributed by atoms with Gasteiger partial charge in [-0.05, 0) is 48.7 Å². The molecule has 3 aromatic rings. The fourth-order valence-corrected chi connectivity index (χ4v) is 5.10. The first-order valence-electron chi connectivity index (χ1n) is 10.3. The van der Waals surface area contributed by atoms with E-state index < -0.39 is 11.2 Å². The average Bonchev–Trinajstić information content (AvgIpc) is 3.12. The predicted molar refractivity (Wildman–Crippen MR) is 133 cm³/mol. The highest BCUT2D eigenvalue weighted by Gasteiger charge is 2.41. The molecule has 2 amide bonds. The van der Waals surface area contributed by atoms with Gasteiger partial charge in [-0.25, -0.2) is 0 Å². The maximum absolute atomic E-state index is 13.6. The van der Waals surface area contributed by atoms with Gasteiger partial charge in [0.05, 0.1) is 10.9 Å². The number of amides is 2. The molecule has 0 aromatic heterocycles. The lowest BCUT2D eigenvalue weighted by atomic mass is 10.1. The molecule has 1 saturated heterocycles. The summed E-state index contributed by atoms with van der Waals surface area (Å²) in [5.74, 6) is -0.750. The third-order valence-electron chi connectivity index (χ3n) is 5.26. The van der Waals surface area contributed by atoms with Crippen LogP contribution >= 0.6 is 23.4 Å². The van der Waals surface area contributed by atoms with Gasteiger partial charge in [0.25, 0.3) is 5.91 Å². The monoisotopic (exact) mass is 473 g/mol. The van der Waals surface area contributed by atoms with E-state index in [1.165, 1.54) is 16.7 Å². The number of rotatable bonds is 5. The number of para-hydroxylation sites is 2. The number of nitrogens with one attached hydrogen (secondary N) is 1. The van der Waals surface area contributed by atoms with E-state index in [-0.39, 0.29) is 11.5 Å². The van der Waals surface area contributed by atoms with Crippen LogP contribution in [0.25, 0.3) is 0 Å². The molecule has 0 spiro atoms. The van der Waals surface area contributed by atoms with Crippen molar-refractivity contribution in [2.24, 2.45) is 0 Å². The Morgan fingerprint density at radius 2 is 1.73 bits per heavy atom. The van der Waals surface area contributed by atoms with E-state index in [9.17, 15) is 14.9 Å². The number of nitrogens with zero attached hydrogens (tertiary/aromatic N) is 2. The van der Waals surface area contributed by atoms with Crippen molar-refractivity contribution in [1.82, 2.24) is 0 Å². The average molecular weight is 474 g/mol. The Kier molecular flexibility index (Phi) is 6.83. The Hall–Kier alpha value is -3.53. The van der Waals surface area contributed by atoms with Crippen molar-refractivity contribution in [3.05, 3.63) is 106 Å².